The van der Waals surface area contributed by atoms with E-state index in [4.69, 9.17) is 18.6 Å². The van der Waals surface area contributed by atoms with Gasteiger partial charge in [0.2, 0.25) is 0 Å². The van der Waals surface area contributed by atoms with Crippen molar-refractivity contribution in [2.24, 2.45) is 11.0 Å². The van der Waals surface area contributed by atoms with Crippen LogP contribution in [0.3, 0.4) is 0 Å². The largest absolute Gasteiger partial charge is 0.496 e. The fourth-order valence-corrected chi connectivity index (χ4v) is 3.01. The first-order valence-electron chi connectivity index (χ1n) is 10.8. The van der Waals surface area contributed by atoms with Crippen LogP contribution < -0.4 is 14.9 Å². The fraction of sp³-hybridized carbons (Fsp3) is 0.269. The Balaban J connectivity index is 1.61. The van der Waals surface area contributed by atoms with Crippen molar-refractivity contribution in [3.63, 3.8) is 0 Å². The van der Waals surface area contributed by atoms with Crippen LogP contribution in [0.2, 0.25) is 0 Å². The third-order valence-electron chi connectivity index (χ3n) is 4.82. The van der Waals surface area contributed by atoms with Crippen molar-refractivity contribution in [1.29, 1.82) is 0 Å². The van der Waals surface area contributed by atoms with Gasteiger partial charge in [-0.1, -0.05) is 13.8 Å². The van der Waals surface area contributed by atoms with Crippen LogP contribution in [0.25, 0.3) is 0 Å². The Morgan fingerprint density at radius 1 is 1.12 bits per heavy atom. The second-order valence-corrected chi connectivity index (χ2v) is 7.97. The highest BCUT2D eigenvalue weighted by molar-refractivity contribution is 5.95. The van der Waals surface area contributed by atoms with E-state index in [2.05, 4.69) is 10.5 Å². The molecular weight excluding hydrogens is 436 g/mol. The molecule has 1 amide bonds. The lowest BCUT2D eigenvalue weighted by Gasteiger charge is -2.12. The zero-order valence-corrected chi connectivity index (χ0v) is 19.7. The molecule has 1 N–H and O–H groups in total. The normalized spacial score (nSPS) is 11.0. The predicted molar refractivity (Wildman–Crippen MR) is 127 cm³/mol. The van der Waals surface area contributed by atoms with Crippen LogP contribution in [0, 0.1) is 12.8 Å². The van der Waals surface area contributed by atoms with Gasteiger partial charge < -0.3 is 18.6 Å². The number of aryl methyl sites for hydroxylation is 1. The first kappa shape index (κ1) is 24.6. The monoisotopic (exact) mass is 464 g/mol. The topological polar surface area (TPSA) is 99.4 Å². The highest BCUT2D eigenvalue weighted by Gasteiger charge is 2.11. The number of esters is 1. The summed E-state index contributed by atoms with van der Waals surface area (Å²) in [6.45, 7) is 6.29. The summed E-state index contributed by atoms with van der Waals surface area (Å²) in [5, 5.41) is 4.01. The van der Waals surface area contributed by atoms with Gasteiger partial charge in [-0.3, -0.25) is 4.79 Å². The molecule has 2 aromatic carbocycles. The van der Waals surface area contributed by atoms with Gasteiger partial charge in [-0.2, -0.15) is 5.10 Å². The maximum atomic E-state index is 12.1. The number of nitrogens with one attached hydrogen (secondary N) is 1. The molecule has 0 aliphatic carbocycles. The number of carbonyl (C=O) groups excluding carboxylic acids is 2. The van der Waals surface area contributed by atoms with Gasteiger partial charge in [-0.05, 0) is 66.9 Å². The van der Waals surface area contributed by atoms with E-state index in [1.807, 2.05) is 26.0 Å². The van der Waals surface area contributed by atoms with Crippen molar-refractivity contribution in [3.8, 4) is 11.5 Å². The SMILES string of the molecule is COc1ccc(/C=N/NC(=O)c2ccoc2C)cc1COc1ccc(C(=O)OCC(C)C)cc1. The minimum absolute atomic E-state index is 0.239. The number of carbonyl (C=O) groups is 2. The van der Waals surface area contributed by atoms with Crippen LogP contribution in [0.4, 0.5) is 0 Å². The molecule has 8 heteroatoms. The van der Waals surface area contributed by atoms with Crippen molar-refractivity contribution in [3.05, 3.63) is 82.8 Å². The number of hydrogen-bond donors (Lipinski definition) is 1. The van der Waals surface area contributed by atoms with Crippen LogP contribution in [-0.2, 0) is 11.3 Å². The Bertz CT molecular complexity index is 1150. The number of hydrogen-bond acceptors (Lipinski definition) is 7. The predicted octanol–water partition coefficient (Wildman–Crippen LogP) is 4.75. The number of nitrogens with zero attached hydrogens (tertiary/aromatic N) is 1. The van der Waals surface area contributed by atoms with Gasteiger partial charge in [0.1, 0.15) is 23.9 Å². The molecule has 0 fully saturated rings. The molecule has 0 atom stereocenters. The Morgan fingerprint density at radius 3 is 2.53 bits per heavy atom. The van der Waals surface area contributed by atoms with Crippen molar-refractivity contribution in [1.82, 2.24) is 5.43 Å². The molecule has 1 aromatic heterocycles. The molecule has 8 nitrogen and oxygen atoms in total. The molecule has 3 rings (SSSR count). The van der Waals surface area contributed by atoms with E-state index in [0.29, 0.717) is 35.0 Å². The summed E-state index contributed by atoms with van der Waals surface area (Å²) < 4.78 is 21.7. The number of hydrazone groups is 1. The summed E-state index contributed by atoms with van der Waals surface area (Å²) in [5.41, 5.74) is 4.93. The van der Waals surface area contributed by atoms with Crippen LogP contribution in [0.1, 0.15) is 51.5 Å². The second kappa shape index (κ2) is 11.7. The summed E-state index contributed by atoms with van der Waals surface area (Å²) in [4.78, 5) is 24.2. The van der Waals surface area contributed by atoms with Crippen LogP contribution >= 0.6 is 0 Å². The Morgan fingerprint density at radius 2 is 1.88 bits per heavy atom. The highest BCUT2D eigenvalue weighted by Crippen LogP contribution is 2.22. The zero-order chi connectivity index (χ0) is 24.5. The van der Waals surface area contributed by atoms with Crippen molar-refractivity contribution in [2.75, 3.05) is 13.7 Å². The number of methoxy groups -OCH3 is 1. The van der Waals surface area contributed by atoms with E-state index in [0.717, 1.165) is 11.1 Å². The number of furan rings is 1. The van der Waals surface area contributed by atoms with Crippen molar-refractivity contribution >= 4 is 18.1 Å². The van der Waals surface area contributed by atoms with Crippen molar-refractivity contribution < 1.29 is 28.2 Å². The molecule has 0 saturated carbocycles. The van der Waals surface area contributed by atoms with E-state index in [-0.39, 0.29) is 24.4 Å². The average Bonchev–Trinajstić information content (AvgIpc) is 3.27. The van der Waals surface area contributed by atoms with E-state index >= 15 is 0 Å². The number of rotatable bonds is 10. The first-order valence-corrected chi connectivity index (χ1v) is 10.8. The third-order valence-corrected chi connectivity index (χ3v) is 4.82. The molecule has 0 spiro atoms. The van der Waals surface area contributed by atoms with Gasteiger partial charge in [0.15, 0.2) is 0 Å². The van der Waals surface area contributed by atoms with Gasteiger partial charge in [0, 0.05) is 5.56 Å². The highest BCUT2D eigenvalue weighted by atomic mass is 16.5. The molecule has 0 aliphatic rings. The van der Waals surface area contributed by atoms with Gasteiger partial charge in [-0.25, -0.2) is 10.2 Å². The maximum absolute atomic E-state index is 12.1. The summed E-state index contributed by atoms with van der Waals surface area (Å²) in [6, 6.07) is 13.8. The fourth-order valence-electron chi connectivity index (χ4n) is 3.01. The zero-order valence-electron chi connectivity index (χ0n) is 19.7. The standard InChI is InChI=1S/C26H28N2O6/c1-17(2)15-34-26(30)20-6-8-22(9-7-20)33-16-21-13-19(5-10-24(21)31-4)14-27-28-25(29)23-11-12-32-18(23)3/h5-14,17H,15-16H2,1-4H3,(H,28,29)/b27-14+. The summed E-state index contributed by atoms with van der Waals surface area (Å²) in [7, 11) is 1.58. The van der Waals surface area contributed by atoms with Crippen LogP contribution in [0.15, 0.2) is 64.3 Å². The molecule has 3 aromatic rings. The quantitative estimate of drug-likeness (QED) is 0.264. The van der Waals surface area contributed by atoms with Crippen LogP contribution in [-0.4, -0.2) is 31.8 Å². The van der Waals surface area contributed by atoms with E-state index < -0.39 is 0 Å². The summed E-state index contributed by atoms with van der Waals surface area (Å²) in [6.07, 6.45) is 2.99. The Kier molecular flexibility index (Phi) is 8.45. The molecule has 0 unspecified atom stereocenters. The maximum Gasteiger partial charge on any atom is 0.338 e. The number of benzene rings is 2. The smallest absolute Gasteiger partial charge is 0.338 e. The summed E-state index contributed by atoms with van der Waals surface area (Å²) >= 11 is 0. The third kappa shape index (κ3) is 6.71. The van der Waals surface area contributed by atoms with E-state index in [9.17, 15) is 9.59 Å². The molecule has 0 bridgehead atoms. The van der Waals surface area contributed by atoms with Gasteiger partial charge in [0.05, 0.1) is 37.3 Å². The second-order valence-electron chi connectivity index (χ2n) is 7.97. The lowest BCUT2D eigenvalue weighted by atomic mass is 10.1. The van der Waals surface area contributed by atoms with Crippen molar-refractivity contribution in [2.45, 2.75) is 27.4 Å². The van der Waals surface area contributed by atoms with E-state index in [1.165, 1.54) is 12.5 Å². The molecule has 0 radical (unpaired) electrons. The Hall–Kier alpha value is -4.07. The van der Waals surface area contributed by atoms with Gasteiger partial charge >= 0.3 is 5.97 Å². The molecular formula is C26H28N2O6. The first-order chi connectivity index (χ1) is 16.4. The average molecular weight is 465 g/mol. The Labute approximate surface area is 198 Å². The molecule has 1 heterocycles. The molecule has 178 valence electrons. The minimum Gasteiger partial charge on any atom is -0.496 e. The molecule has 0 saturated heterocycles. The molecule has 0 aliphatic heterocycles. The van der Waals surface area contributed by atoms with E-state index in [1.54, 1.807) is 50.4 Å². The minimum atomic E-state index is -0.357. The lowest BCUT2D eigenvalue weighted by Crippen LogP contribution is -2.17. The number of amides is 1. The summed E-state index contributed by atoms with van der Waals surface area (Å²) in [5.74, 6) is 1.35. The molecule has 34 heavy (non-hydrogen) atoms. The number of ether oxygens (including phenoxy) is 3. The van der Waals surface area contributed by atoms with Crippen LogP contribution in [0.5, 0.6) is 11.5 Å². The van der Waals surface area contributed by atoms with Gasteiger partial charge in [0.25, 0.3) is 5.91 Å². The van der Waals surface area contributed by atoms with Gasteiger partial charge in [-0.15, -0.1) is 0 Å². The lowest BCUT2D eigenvalue weighted by molar-refractivity contribution is 0.0459.